The molecule has 2 N–H and O–H groups in total. The molecule has 6 heteroatoms. The Labute approximate surface area is 136 Å². The second-order valence-electron chi connectivity index (χ2n) is 6.02. The van der Waals surface area contributed by atoms with E-state index in [2.05, 4.69) is 10.6 Å². The van der Waals surface area contributed by atoms with E-state index >= 15 is 0 Å². The van der Waals surface area contributed by atoms with E-state index in [0.717, 1.165) is 30.6 Å². The first-order valence-corrected chi connectivity index (χ1v) is 8.18. The minimum absolute atomic E-state index is 0.0858. The van der Waals surface area contributed by atoms with E-state index in [9.17, 15) is 9.59 Å². The van der Waals surface area contributed by atoms with Crippen LogP contribution < -0.4 is 10.6 Å². The average molecular weight is 317 g/mol. The lowest BCUT2D eigenvalue weighted by Gasteiger charge is -2.22. The number of hydrogen-bond acceptors (Lipinski definition) is 4. The number of amides is 2. The molecule has 6 nitrogen and oxygen atoms in total. The number of carbonyl (C=O) groups excluding carboxylic acids is 2. The van der Waals surface area contributed by atoms with Crippen LogP contribution in [0, 0.1) is 0 Å². The van der Waals surface area contributed by atoms with Crippen molar-refractivity contribution >= 4 is 11.8 Å². The van der Waals surface area contributed by atoms with Gasteiger partial charge in [0.25, 0.3) is 5.91 Å². The third-order valence-electron chi connectivity index (χ3n) is 4.22. The lowest BCUT2D eigenvalue weighted by atomic mass is 10.1. The molecule has 0 aromatic heterocycles. The van der Waals surface area contributed by atoms with Gasteiger partial charge in [0.1, 0.15) is 6.10 Å². The van der Waals surface area contributed by atoms with Crippen molar-refractivity contribution in [1.82, 2.24) is 15.5 Å². The Morgan fingerprint density at radius 3 is 3.00 bits per heavy atom. The van der Waals surface area contributed by atoms with Gasteiger partial charge in [-0.3, -0.25) is 9.59 Å². The lowest BCUT2D eigenvalue weighted by molar-refractivity contribution is -0.134. The Morgan fingerprint density at radius 2 is 2.26 bits per heavy atom. The van der Waals surface area contributed by atoms with Gasteiger partial charge in [-0.15, -0.1) is 0 Å². The molecule has 0 bridgehead atoms. The number of rotatable bonds is 5. The molecule has 2 aliphatic rings. The van der Waals surface area contributed by atoms with Gasteiger partial charge in [0.15, 0.2) is 0 Å². The van der Waals surface area contributed by atoms with Crippen LogP contribution in [-0.2, 0) is 27.4 Å². The maximum absolute atomic E-state index is 12.0. The van der Waals surface area contributed by atoms with Crippen molar-refractivity contribution in [2.45, 2.75) is 32.0 Å². The lowest BCUT2D eigenvalue weighted by Crippen LogP contribution is -2.47. The molecule has 1 aromatic carbocycles. The van der Waals surface area contributed by atoms with E-state index in [0.29, 0.717) is 32.7 Å². The number of nitrogens with zero attached hydrogens (tertiary/aromatic N) is 1. The van der Waals surface area contributed by atoms with Gasteiger partial charge in [-0.05, 0) is 17.5 Å². The van der Waals surface area contributed by atoms with Crippen LogP contribution in [-0.4, -0.2) is 49.1 Å². The van der Waals surface area contributed by atoms with Gasteiger partial charge in [0, 0.05) is 39.1 Å². The molecule has 2 amide bonds. The molecule has 2 fully saturated rings. The van der Waals surface area contributed by atoms with Gasteiger partial charge in [-0.2, -0.15) is 0 Å². The summed E-state index contributed by atoms with van der Waals surface area (Å²) in [7, 11) is 0. The van der Waals surface area contributed by atoms with Crippen LogP contribution in [0.1, 0.15) is 24.0 Å². The molecule has 0 spiro atoms. The van der Waals surface area contributed by atoms with Gasteiger partial charge in [-0.1, -0.05) is 24.3 Å². The fourth-order valence-electron chi connectivity index (χ4n) is 2.97. The number of benzene rings is 1. The summed E-state index contributed by atoms with van der Waals surface area (Å²) in [6.45, 7) is 3.88. The molecule has 2 heterocycles. The first kappa shape index (κ1) is 16.0. The Hall–Kier alpha value is -1.92. The summed E-state index contributed by atoms with van der Waals surface area (Å²) in [5, 5.41) is 6.06. The predicted molar refractivity (Wildman–Crippen MR) is 85.5 cm³/mol. The van der Waals surface area contributed by atoms with Crippen molar-refractivity contribution < 1.29 is 14.3 Å². The quantitative estimate of drug-likeness (QED) is 0.825. The van der Waals surface area contributed by atoms with Crippen molar-refractivity contribution in [3.63, 3.8) is 0 Å². The third kappa shape index (κ3) is 4.30. The van der Waals surface area contributed by atoms with Crippen LogP contribution in [0.15, 0.2) is 24.3 Å². The van der Waals surface area contributed by atoms with Crippen LogP contribution in [0.5, 0.6) is 0 Å². The fourth-order valence-corrected chi connectivity index (χ4v) is 2.97. The molecule has 0 aliphatic carbocycles. The number of carbonyl (C=O) groups is 2. The van der Waals surface area contributed by atoms with Gasteiger partial charge >= 0.3 is 0 Å². The summed E-state index contributed by atoms with van der Waals surface area (Å²) in [5.41, 5.74) is 2.13. The molecule has 3 rings (SSSR count). The summed E-state index contributed by atoms with van der Waals surface area (Å²) >= 11 is 0. The minimum Gasteiger partial charge on any atom is -0.366 e. The van der Waals surface area contributed by atoms with E-state index in [4.69, 9.17) is 4.74 Å². The summed E-state index contributed by atoms with van der Waals surface area (Å²) < 4.78 is 5.43. The highest BCUT2D eigenvalue weighted by Gasteiger charge is 2.22. The molecular formula is C17H23N3O3. The number of ether oxygens (including phenoxy) is 1. The summed E-state index contributed by atoms with van der Waals surface area (Å²) in [5.74, 6) is 0.142. The topological polar surface area (TPSA) is 70.7 Å². The molecule has 1 atom stereocenters. The molecule has 1 unspecified atom stereocenters. The van der Waals surface area contributed by atoms with Crippen LogP contribution in [0.3, 0.4) is 0 Å². The van der Waals surface area contributed by atoms with Gasteiger partial charge in [-0.25, -0.2) is 0 Å². The Morgan fingerprint density at radius 1 is 1.39 bits per heavy atom. The van der Waals surface area contributed by atoms with Crippen molar-refractivity contribution in [2.75, 3.05) is 26.2 Å². The first-order chi connectivity index (χ1) is 11.2. The number of morpholine rings is 1. The minimum atomic E-state index is -0.408. The number of nitrogens with one attached hydrogen (secondary N) is 2. The maximum atomic E-state index is 12.0. The van der Waals surface area contributed by atoms with Crippen molar-refractivity contribution in [3.8, 4) is 0 Å². The molecule has 2 saturated heterocycles. The van der Waals surface area contributed by atoms with Crippen LogP contribution in [0.4, 0.5) is 0 Å². The average Bonchev–Trinajstić information content (AvgIpc) is 2.99. The summed E-state index contributed by atoms with van der Waals surface area (Å²) in [4.78, 5) is 25.6. The van der Waals surface area contributed by atoms with Crippen LogP contribution in [0.25, 0.3) is 0 Å². The monoisotopic (exact) mass is 317 g/mol. The zero-order valence-electron chi connectivity index (χ0n) is 13.2. The Bertz CT molecular complexity index is 570. The molecule has 0 radical (unpaired) electrons. The van der Waals surface area contributed by atoms with Gasteiger partial charge < -0.3 is 20.3 Å². The maximum Gasteiger partial charge on any atom is 0.250 e. The molecule has 2 aliphatic heterocycles. The largest absolute Gasteiger partial charge is 0.366 e. The fraction of sp³-hybridized carbons (Fsp3) is 0.529. The van der Waals surface area contributed by atoms with E-state index < -0.39 is 6.10 Å². The molecular weight excluding hydrogens is 294 g/mol. The second-order valence-corrected chi connectivity index (χ2v) is 6.02. The Balaban J connectivity index is 1.52. The van der Waals surface area contributed by atoms with Gasteiger partial charge in [0.05, 0.1) is 6.61 Å². The highest BCUT2D eigenvalue weighted by Crippen LogP contribution is 2.15. The molecule has 0 saturated carbocycles. The van der Waals surface area contributed by atoms with E-state index in [1.54, 1.807) is 0 Å². The first-order valence-electron chi connectivity index (χ1n) is 8.18. The van der Waals surface area contributed by atoms with Crippen LogP contribution >= 0.6 is 0 Å². The van der Waals surface area contributed by atoms with Crippen molar-refractivity contribution in [3.05, 3.63) is 35.4 Å². The zero-order chi connectivity index (χ0) is 16.1. The normalized spacial score (nSPS) is 21.5. The van der Waals surface area contributed by atoms with E-state index in [1.807, 2.05) is 29.2 Å². The SMILES string of the molecule is O=C(NCc1cccc(CN2CCCC2=O)c1)C1CNCCO1. The van der Waals surface area contributed by atoms with E-state index in [1.165, 1.54) is 0 Å². The zero-order valence-corrected chi connectivity index (χ0v) is 13.2. The molecule has 23 heavy (non-hydrogen) atoms. The molecule has 1 aromatic rings. The van der Waals surface area contributed by atoms with Gasteiger partial charge in [0.2, 0.25) is 5.91 Å². The highest BCUT2D eigenvalue weighted by atomic mass is 16.5. The number of likely N-dealkylation sites (tertiary alicyclic amines) is 1. The van der Waals surface area contributed by atoms with Crippen LogP contribution in [0.2, 0.25) is 0 Å². The summed E-state index contributed by atoms with van der Waals surface area (Å²) in [6.07, 6.45) is 1.20. The predicted octanol–water partition coefficient (Wildman–Crippen LogP) is 0.414. The smallest absolute Gasteiger partial charge is 0.250 e. The Kier molecular flexibility index (Phi) is 5.25. The number of hydrogen-bond donors (Lipinski definition) is 2. The third-order valence-corrected chi connectivity index (χ3v) is 4.22. The second kappa shape index (κ2) is 7.57. The van der Waals surface area contributed by atoms with E-state index in [-0.39, 0.29) is 11.8 Å². The van der Waals surface area contributed by atoms with Crippen molar-refractivity contribution in [1.29, 1.82) is 0 Å². The van der Waals surface area contributed by atoms with Crippen molar-refractivity contribution in [2.24, 2.45) is 0 Å². The standard InChI is InChI=1S/C17H23N3O3/c21-16-5-2-7-20(16)12-14-4-1-3-13(9-14)10-19-17(22)15-11-18-6-8-23-15/h1,3-4,9,15,18H,2,5-8,10-12H2,(H,19,22). The highest BCUT2D eigenvalue weighted by molar-refractivity contribution is 5.81. The molecule has 124 valence electrons. The summed E-state index contributed by atoms with van der Waals surface area (Å²) in [6, 6.07) is 8.02.